The molecular weight excluding hydrogens is 494 g/mol. The molecule has 39 heavy (non-hydrogen) atoms. The molecule has 0 saturated carbocycles. The van der Waals surface area contributed by atoms with Crippen LogP contribution in [-0.2, 0) is 11.2 Å². The highest BCUT2D eigenvalue weighted by Gasteiger charge is 2.55. The zero-order chi connectivity index (χ0) is 27.7. The first-order valence-corrected chi connectivity index (χ1v) is 13.4. The molecule has 4 atom stereocenters. The molecule has 2 heterocycles. The van der Waals surface area contributed by atoms with Crippen molar-refractivity contribution < 1.29 is 24.1 Å². The number of amides is 1. The van der Waals surface area contributed by atoms with Gasteiger partial charge in [0.25, 0.3) is 0 Å². The molecule has 2 fully saturated rings. The predicted octanol–water partition coefficient (Wildman–Crippen LogP) is 4.38. The fourth-order valence-electron chi connectivity index (χ4n) is 6.06. The highest BCUT2D eigenvalue weighted by Crippen LogP contribution is 2.49. The predicted molar refractivity (Wildman–Crippen MR) is 149 cm³/mol. The van der Waals surface area contributed by atoms with Crippen LogP contribution in [0.25, 0.3) is 0 Å². The smallest absolute Gasteiger partial charge is 0.242 e. The zero-order valence-electron chi connectivity index (χ0n) is 23.2. The number of nitrogens with one attached hydrogen (secondary N) is 2. The van der Waals surface area contributed by atoms with E-state index in [0.29, 0.717) is 31.1 Å². The largest absolute Gasteiger partial charge is 0.507 e. The number of aryl methyl sites for hydroxylation is 2. The lowest BCUT2D eigenvalue weighted by Gasteiger charge is -2.32. The van der Waals surface area contributed by atoms with Crippen molar-refractivity contribution in [3.05, 3.63) is 82.4 Å². The van der Waals surface area contributed by atoms with Gasteiger partial charge in [-0.3, -0.25) is 4.79 Å². The van der Waals surface area contributed by atoms with Crippen molar-refractivity contribution in [2.75, 3.05) is 27.4 Å². The average Bonchev–Trinajstić information content (AvgIpc) is 3.48. The standard InChI is InChI=1S/C31H37N3O5/c1-6-39-22-10-8-21(9-11-22)29-26-27(23-16-18(2)15-19(3)30(23)35)32-33-28(26)31(36)34(29)14-13-20-7-12-24(37-4)25(17-20)38-5/h7-12,15-17,26-29,32-33,35H,6,13-14H2,1-5H3. The molecule has 0 bridgehead atoms. The van der Waals surface area contributed by atoms with Crippen molar-refractivity contribution in [2.24, 2.45) is 5.92 Å². The maximum Gasteiger partial charge on any atom is 0.242 e. The van der Waals surface area contributed by atoms with E-state index in [0.717, 1.165) is 33.6 Å². The number of phenolic OH excluding ortho intramolecular Hbond substituents is 1. The summed E-state index contributed by atoms with van der Waals surface area (Å²) >= 11 is 0. The molecule has 3 N–H and O–H groups in total. The summed E-state index contributed by atoms with van der Waals surface area (Å²) in [4.78, 5) is 15.8. The van der Waals surface area contributed by atoms with Crippen LogP contribution in [0, 0.1) is 19.8 Å². The number of hydrogen-bond donors (Lipinski definition) is 3. The minimum Gasteiger partial charge on any atom is -0.507 e. The van der Waals surface area contributed by atoms with Gasteiger partial charge in [-0.15, -0.1) is 0 Å². The quantitative estimate of drug-likeness (QED) is 0.377. The van der Waals surface area contributed by atoms with Gasteiger partial charge in [0.05, 0.1) is 32.9 Å². The number of aromatic hydroxyl groups is 1. The van der Waals surface area contributed by atoms with E-state index in [2.05, 4.69) is 10.9 Å². The Morgan fingerprint density at radius 2 is 1.64 bits per heavy atom. The number of likely N-dealkylation sites (tertiary alicyclic amines) is 1. The van der Waals surface area contributed by atoms with Gasteiger partial charge in [0, 0.05) is 18.0 Å². The van der Waals surface area contributed by atoms with Crippen molar-refractivity contribution in [3.63, 3.8) is 0 Å². The van der Waals surface area contributed by atoms with Crippen LogP contribution in [0.3, 0.4) is 0 Å². The molecule has 0 radical (unpaired) electrons. The minimum atomic E-state index is -0.419. The summed E-state index contributed by atoms with van der Waals surface area (Å²) in [5, 5.41) is 11.0. The van der Waals surface area contributed by atoms with Gasteiger partial charge in [-0.2, -0.15) is 0 Å². The molecule has 4 unspecified atom stereocenters. The van der Waals surface area contributed by atoms with Gasteiger partial charge < -0.3 is 24.2 Å². The van der Waals surface area contributed by atoms with E-state index in [1.165, 1.54) is 0 Å². The number of methoxy groups -OCH3 is 2. The number of hydrogen-bond acceptors (Lipinski definition) is 7. The van der Waals surface area contributed by atoms with Gasteiger partial charge in [0.1, 0.15) is 17.5 Å². The van der Waals surface area contributed by atoms with Crippen LogP contribution in [0.15, 0.2) is 54.6 Å². The second-order valence-electron chi connectivity index (χ2n) is 10.3. The number of hydrazine groups is 1. The van der Waals surface area contributed by atoms with Crippen molar-refractivity contribution in [3.8, 4) is 23.0 Å². The highest BCUT2D eigenvalue weighted by atomic mass is 16.5. The number of rotatable bonds is 9. The summed E-state index contributed by atoms with van der Waals surface area (Å²) in [6, 6.07) is 17.0. The summed E-state index contributed by atoms with van der Waals surface area (Å²) in [7, 11) is 3.24. The number of benzene rings is 3. The van der Waals surface area contributed by atoms with Gasteiger partial charge in [-0.1, -0.05) is 35.9 Å². The summed E-state index contributed by atoms with van der Waals surface area (Å²) in [5.74, 6) is 2.31. The first kappa shape index (κ1) is 26.8. The lowest BCUT2D eigenvalue weighted by atomic mass is 9.82. The third-order valence-electron chi connectivity index (χ3n) is 7.84. The highest BCUT2D eigenvalue weighted by molar-refractivity contribution is 5.86. The molecule has 8 heteroatoms. The van der Waals surface area contributed by atoms with Gasteiger partial charge in [0.2, 0.25) is 5.91 Å². The number of ether oxygens (including phenoxy) is 3. The van der Waals surface area contributed by atoms with Gasteiger partial charge in [-0.05, 0) is 68.1 Å². The Kier molecular flexibility index (Phi) is 7.68. The van der Waals surface area contributed by atoms with Gasteiger partial charge in [0.15, 0.2) is 11.5 Å². The number of nitrogens with zero attached hydrogens (tertiary/aromatic N) is 1. The molecule has 2 aliphatic rings. The van der Waals surface area contributed by atoms with Crippen LogP contribution in [0.2, 0.25) is 0 Å². The van der Waals surface area contributed by atoms with E-state index >= 15 is 0 Å². The molecule has 3 aromatic carbocycles. The molecule has 3 aromatic rings. The van der Waals surface area contributed by atoms with Gasteiger partial charge in [-0.25, -0.2) is 10.9 Å². The normalized spacial score (nSPS) is 22.2. The Morgan fingerprint density at radius 1 is 0.923 bits per heavy atom. The molecule has 0 aromatic heterocycles. The van der Waals surface area contributed by atoms with Crippen LogP contribution >= 0.6 is 0 Å². The maximum atomic E-state index is 13.9. The molecule has 0 spiro atoms. The third-order valence-corrected chi connectivity index (χ3v) is 7.84. The number of phenols is 1. The van der Waals surface area contributed by atoms with Crippen molar-refractivity contribution in [1.82, 2.24) is 15.8 Å². The summed E-state index contributed by atoms with van der Waals surface area (Å²) in [5.41, 5.74) is 11.4. The monoisotopic (exact) mass is 531 g/mol. The van der Waals surface area contributed by atoms with Crippen LogP contribution in [0.4, 0.5) is 0 Å². The number of carbonyl (C=O) groups is 1. The third kappa shape index (κ3) is 5.02. The Balaban J connectivity index is 1.50. The first-order valence-electron chi connectivity index (χ1n) is 13.4. The second-order valence-corrected chi connectivity index (χ2v) is 10.3. The molecule has 1 amide bonds. The second kappa shape index (κ2) is 11.2. The van der Waals surface area contributed by atoms with Gasteiger partial charge >= 0.3 is 0 Å². The molecule has 2 saturated heterocycles. The van der Waals surface area contributed by atoms with Crippen LogP contribution in [0.1, 0.15) is 46.8 Å². The van der Waals surface area contributed by atoms with Crippen molar-refractivity contribution in [2.45, 2.75) is 45.3 Å². The van der Waals surface area contributed by atoms with E-state index in [4.69, 9.17) is 14.2 Å². The molecule has 8 nitrogen and oxygen atoms in total. The SMILES string of the molecule is CCOc1ccc(C2C3C(NNC3c3cc(C)cc(C)c3O)C(=O)N2CCc2ccc(OC)c(OC)c2)cc1. The Morgan fingerprint density at radius 3 is 2.33 bits per heavy atom. The summed E-state index contributed by atoms with van der Waals surface area (Å²) < 4.78 is 16.5. The topological polar surface area (TPSA) is 92.3 Å². The van der Waals surface area contributed by atoms with Crippen molar-refractivity contribution in [1.29, 1.82) is 0 Å². The molecule has 2 aliphatic heterocycles. The van der Waals surface area contributed by atoms with Crippen molar-refractivity contribution >= 4 is 5.91 Å². The average molecular weight is 532 g/mol. The van der Waals surface area contributed by atoms with Crippen LogP contribution < -0.4 is 25.1 Å². The Labute approximate surface area is 229 Å². The Hall–Kier alpha value is -3.75. The fraction of sp³-hybridized carbons (Fsp3) is 0.387. The minimum absolute atomic E-state index is 0.0400. The lowest BCUT2D eigenvalue weighted by molar-refractivity contribution is -0.130. The zero-order valence-corrected chi connectivity index (χ0v) is 23.2. The Bertz CT molecular complexity index is 1340. The van der Waals surface area contributed by atoms with E-state index in [9.17, 15) is 9.90 Å². The summed E-state index contributed by atoms with van der Waals surface area (Å²) in [6.45, 7) is 7.01. The lowest BCUT2D eigenvalue weighted by Crippen LogP contribution is -2.42. The fourth-order valence-corrected chi connectivity index (χ4v) is 6.06. The molecule has 206 valence electrons. The number of fused-ring (bicyclic) bond motifs is 1. The van der Waals surface area contributed by atoms with E-state index in [-0.39, 0.29) is 29.7 Å². The first-order chi connectivity index (χ1) is 18.9. The summed E-state index contributed by atoms with van der Waals surface area (Å²) in [6.07, 6.45) is 0.659. The van der Waals surface area contributed by atoms with Crippen LogP contribution in [-0.4, -0.2) is 49.3 Å². The van der Waals surface area contributed by atoms with E-state index < -0.39 is 6.04 Å². The number of carbonyl (C=O) groups excluding carboxylic acids is 1. The molecule has 5 rings (SSSR count). The van der Waals surface area contributed by atoms with Crippen LogP contribution in [0.5, 0.6) is 23.0 Å². The molecular formula is C31H37N3O5. The molecule has 0 aliphatic carbocycles. The van der Waals surface area contributed by atoms with E-state index in [1.807, 2.05) is 80.3 Å². The van der Waals surface area contributed by atoms with E-state index in [1.54, 1.807) is 14.2 Å². The maximum absolute atomic E-state index is 13.9.